The van der Waals surface area contributed by atoms with Gasteiger partial charge < -0.3 is 9.47 Å². The summed E-state index contributed by atoms with van der Waals surface area (Å²) in [5.41, 5.74) is 1.15. The largest absolute Gasteiger partial charge is 0.336 e. The van der Waals surface area contributed by atoms with Crippen molar-refractivity contribution in [1.82, 2.24) is 24.2 Å². The van der Waals surface area contributed by atoms with E-state index in [0.29, 0.717) is 0 Å². The van der Waals surface area contributed by atoms with E-state index in [0.717, 1.165) is 31.5 Å². The Labute approximate surface area is 130 Å². The zero-order valence-corrected chi connectivity index (χ0v) is 13.2. The van der Waals surface area contributed by atoms with E-state index < -0.39 is 0 Å². The van der Waals surface area contributed by atoms with Crippen LogP contribution in [0.2, 0.25) is 0 Å². The molecule has 3 heterocycles. The first kappa shape index (κ1) is 14.8. The molecule has 0 N–H and O–H groups in total. The van der Waals surface area contributed by atoms with Gasteiger partial charge in [0, 0.05) is 25.1 Å². The first-order valence-corrected chi connectivity index (χ1v) is 7.92. The van der Waals surface area contributed by atoms with Gasteiger partial charge in [0.2, 0.25) is 5.91 Å². The van der Waals surface area contributed by atoms with Gasteiger partial charge in [-0.05, 0) is 38.7 Å². The minimum absolute atomic E-state index is 0.173. The molecule has 0 spiro atoms. The van der Waals surface area contributed by atoms with Gasteiger partial charge in [0.15, 0.2) is 0 Å². The number of carbonyl (C=O) groups is 1. The maximum Gasteiger partial charge on any atom is 0.245 e. The third-order valence-corrected chi connectivity index (χ3v) is 4.40. The molecule has 0 aromatic carbocycles. The highest BCUT2D eigenvalue weighted by Crippen LogP contribution is 2.22. The van der Waals surface area contributed by atoms with Gasteiger partial charge in [0.05, 0.1) is 25.1 Å². The number of imidazole rings is 1. The quantitative estimate of drug-likeness (QED) is 0.868. The Kier molecular flexibility index (Phi) is 4.27. The van der Waals surface area contributed by atoms with Crippen LogP contribution in [0.15, 0.2) is 31.1 Å². The van der Waals surface area contributed by atoms with E-state index in [2.05, 4.69) is 10.1 Å². The van der Waals surface area contributed by atoms with Gasteiger partial charge >= 0.3 is 0 Å². The van der Waals surface area contributed by atoms with Crippen molar-refractivity contribution in [2.24, 2.45) is 0 Å². The number of amides is 1. The average molecular weight is 301 g/mol. The molecule has 2 aromatic heterocycles. The van der Waals surface area contributed by atoms with Crippen molar-refractivity contribution in [2.75, 3.05) is 6.54 Å². The summed E-state index contributed by atoms with van der Waals surface area (Å²) in [5, 5.41) is 4.36. The maximum atomic E-state index is 12.8. The van der Waals surface area contributed by atoms with Crippen LogP contribution in [0, 0.1) is 6.92 Å². The van der Waals surface area contributed by atoms with Gasteiger partial charge in [-0.1, -0.05) is 0 Å². The van der Waals surface area contributed by atoms with Gasteiger partial charge in [0.1, 0.15) is 6.04 Å². The lowest BCUT2D eigenvalue weighted by molar-refractivity contribution is -0.138. The van der Waals surface area contributed by atoms with Crippen molar-refractivity contribution < 1.29 is 4.79 Å². The van der Waals surface area contributed by atoms with E-state index in [9.17, 15) is 4.79 Å². The Morgan fingerprint density at radius 3 is 3.00 bits per heavy atom. The summed E-state index contributed by atoms with van der Waals surface area (Å²) in [4.78, 5) is 18.9. The van der Waals surface area contributed by atoms with Crippen LogP contribution in [0.5, 0.6) is 0 Å². The minimum Gasteiger partial charge on any atom is -0.336 e. The zero-order chi connectivity index (χ0) is 15.5. The summed E-state index contributed by atoms with van der Waals surface area (Å²) in [5.74, 6) is 0.173. The molecule has 6 nitrogen and oxygen atoms in total. The highest BCUT2D eigenvalue weighted by atomic mass is 16.2. The van der Waals surface area contributed by atoms with E-state index in [1.807, 2.05) is 46.6 Å². The molecule has 6 heteroatoms. The molecule has 0 bridgehead atoms. The minimum atomic E-state index is -0.206. The SMILES string of the molecule is Cc1cnn(C[C@H]2CCCCN2C(=O)[C@@H](C)n2ccnc2)c1. The maximum absolute atomic E-state index is 12.8. The van der Waals surface area contributed by atoms with Gasteiger partial charge in [-0.25, -0.2) is 4.98 Å². The summed E-state index contributed by atoms with van der Waals surface area (Å²) < 4.78 is 3.82. The normalized spacial score (nSPS) is 20.1. The molecule has 2 atom stereocenters. The Morgan fingerprint density at radius 1 is 1.45 bits per heavy atom. The summed E-state index contributed by atoms with van der Waals surface area (Å²) >= 11 is 0. The standard InChI is InChI=1S/C16H23N5O/c1-13-9-18-20(10-13)11-15-5-3-4-7-21(15)16(22)14(2)19-8-6-17-12-19/h6,8-10,12,14-15H,3-5,7,11H2,1-2H3/t14-,15-/m1/s1. The first-order valence-electron chi connectivity index (χ1n) is 7.92. The smallest absolute Gasteiger partial charge is 0.245 e. The molecule has 3 rings (SSSR count). The van der Waals surface area contributed by atoms with E-state index >= 15 is 0 Å². The van der Waals surface area contributed by atoms with Crippen LogP contribution in [-0.4, -0.2) is 42.7 Å². The number of hydrogen-bond acceptors (Lipinski definition) is 3. The van der Waals surface area contributed by atoms with Crippen LogP contribution in [0.3, 0.4) is 0 Å². The van der Waals surface area contributed by atoms with Gasteiger partial charge in [0.25, 0.3) is 0 Å². The average Bonchev–Trinajstić information content (AvgIpc) is 3.18. The number of aryl methyl sites for hydroxylation is 1. The second-order valence-corrected chi connectivity index (χ2v) is 6.11. The monoisotopic (exact) mass is 301 g/mol. The van der Waals surface area contributed by atoms with Crippen molar-refractivity contribution in [3.63, 3.8) is 0 Å². The summed E-state index contributed by atoms with van der Waals surface area (Å²) in [6, 6.07) is 0.0222. The molecule has 0 aliphatic carbocycles. The lowest BCUT2D eigenvalue weighted by atomic mass is 10.0. The van der Waals surface area contributed by atoms with Crippen molar-refractivity contribution in [3.8, 4) is 0 Å². The Balaban J connectivity index is 1.73. The number of aromatic nitrogens is 4. The Bertz CT molecular complexity index is 618. The van der Waals surface area contributed by atoms with Crippen molar-refractivity contribution in [2.45, 2.75) is 51.7 Å². The predicted molar refractivity (Wildman–Crippen MR) is 83.3 cm³/mol. The lowest BCUT2D eigenvalue weighted by Crippen LogP contribution is -2.48. The van der Waals surface area contributed by atoms with E-state index in [1.54, 1.807) is 12.5 Å². The number of rotatable bonds is 4. The molecule has 1 aliphatic rings. The van der Waals surface area contributed by atoms with Crippen molar-refractivity contribution in [3.05, 3.63) is 36.7 Å². The third kappa shape index (κ3) is 3.05. The highest BCUT2D eigenvalue weighted by molar-refractivity contribution is 5.80. The Hall–Kier alpha value is -2.11. The summed E-state index contributed by atoms with van der Waals surface area (Å²) in [6.07, 6.45) is 12.5. The fraction of sp³-hybridized carbons (Fsp3) is 0.562. The van der Waals surface area contributed by atoms with Crippen LogP contribution in [0.25, 0.3) is 0 Å². The predicted octanol–water partition coefficient (Wildman–Crippen LogP) is 2.03. The highest BCUT2D eigenvalue weighted by Gasteiger charge is 2.30. The van der Waals surface area contributed by atoms with E-state index in [1.165, 1.54) is 6.42 Å². The first-order chi connectivity index (χ1) is 10.6. The zero-order valence-electron chi connectivity index (χ0n) is 13.2. The number of nitrogens with zero attached hydrogens (tertiary/aromatic N) is 5. The summed E-state index contributed by atoms with van der Waals surface area (Å²) in [6.45, 7) is 5.58. The molecule has 0 radical (unpaired) electrons. The fourth-order valence-corrected chi connectivity index (χ4v) is 3.13. The van der Waals surface area contributed by atoms with Crippen molar-refractivity contribution in [1.29, 1.82) is 0 Å². The van der Waals surface area contributed by atoms with Crippen LogP contribution >= 0.6 is 0 Å². The third-order valence-electron chi connectivity index (χ3n) is 4.40. The number of piperidine rings is 1. The molecule has 0 unspecified atom stereocenters. The van der Waals surface area contributed by atoms with E-state index in [4.69, 9.17) is 0 Å². The van der Waals surface area contributed by atoms with Crippen LogP contribution < -0.4 is 0 Å². The molecular formula is C16H23N5O. The second-order valence-electron chi connectivity index (χ2n) is 6.11. The topological polar surface area (TPSA) is 56.0 Å². The molecule has 22 heavy (non-hydrogen) atoms. The van der Waals surface area contributed by atoms with Crippen LogP contribution in [0.4, 0.5) is 0 Å². The Morgan fingerprint density at radius 2 is 2.32 bits per heavy atom. The molecule has 1 amide bonds. The lowest BCUT2D eigenvalue weighted by Gasteiger charge is -2.37. The molecule has 1 aliphatic heterocycles. The fourth-order valence-electron chi connectivity index (χ4n) is 3.13. The van der Waals surface area contributed by atoms with E-state index in [-0.39, 0.29) is 18.0 Å². The van der Waals surface area contributed by atoms with Gasteiger partial charge in [-0.3, -0.25) is 9.48 Å². The van der Waals surface area contributed by atoms with Gasteiger partial charge in [-0.2, -0.15) is 5.10 Å². The molecule has 1 fully saturated rings. The molecular weight excluding hydrogens is 278 g/mol. The number of likely N-dealkylation sites (tertiary alicyclic amines) is 1. The molecule has 0 saturated carbocycles. The van der Waals surface area contributed by atoms with Crippen LogP contribution in [0.1, 0.15) is 37.8 Å². The molecule has 2 aromatic rings. The molecule has 118 valence electrons. The van der Waals surface area contributed by atoms with Crippen molar-refractivity contribution >= 4 is 5.91 Å². The number of carbonyl (C=O) groups excluding carboxylic acids is 1. The number of hydrogen-bond donors (Lipinski definition) is 0. The summed E-state index contributed by atoms with van der Waals surface area (Å²) in [7, 11) is 0. The molecule has 1 saturated heterocycles. The van der Waals surface area contributed by atoms with Gasteiger partial charge in [-0.15, -0.1) is 0 Å². The second kappa shape index (κ2) is 6.34. The van der Waals surface area contributed by atoms with Crippen LogP contribution in [-0.2, 0) is 11.3 Å².